The summed E-state index contributed by atoms with van der Waals surface area (Å²) in [5.74, 6) is -1.71. The van der Waals surface area contributed by atoms with Crippen LogP contribution < -0.4 is 5.32 Å². The number of aromatic nitrogens is 1. The van der Waals surface area contributed by atoms with Crippen LogP contribution >= 0.6 is 0 Å². The molecule has 0 bridgehead atoms. The van der Waals surface area contributed by atoms with Crippen molar-refractivity contribution in [1.82, 2.24) is 9.88 Å². The number of hydrogen-bond acceptors (Lipinski definition) is 2. The number of halogens is 2. The molecular formula is C21H19F2N3O. The smallest absolute Gasteiger partial charge is 0.254 e. The lowest BCUT2D eigenvalue weighted by Gasteiger charge is -2.12. The molecular weight excluding hydrogens is 348 g/mol. The Kier molecular flexibility index (Phi) is 5.22. The van der Waals surface area contributed by atoms with Crippen molar-refractivity contribution >= 4 is 16.8 Å². The second kappa shape index (κ2) is 7.58. The predicted octanol–water partition coefficient (Wildman–Crippen LogP) is 4.57. The molecule has 0 aliphatic rings. The molecule has 3 aromatic rings. The van der Waals surface area contributed by atoms with E-state index in [0.29, 0.717) is 17.5 Å². The lowest BCUT2D eigenvalue weighted by Crippen LogP contribution is -2.28. The van der Waals surface area contributed by atoms with Gasteiger partial charge in [0, 0.05) is 35.3 Å². The van der Waals surface area contributed by atoms with E-state index in [0.717, 1.165) is 23.5 Å². The third-order valence-electron chi connectivity index (χ3n) is 4.27. The molecule has 1 unspecified atom stereocenters. The van der Waals surface area contributed by atoms with E-state index in [1.165, 1.54) is 6.07 Å². The molecule has 0 radical (unpaired) electrons. The molecule has 0 spiro atoms. The number of hydrogen-bond donors (Lipinski definition) is 1. The fourth-order valence-corrected chi connectivity index (χ4v) is 3.10. The molecule has 4 nitrogen and oxygen atoms in total. The number of nitrogens with zero attached hydrogens (tertiary/aromatic N) is 2. The number of rotatable bonds is 5. The summed E-state index contributed by atoms with van der Waals surface area (Å²) in [6.07, 6.45) is 1.75. The van der Waals surface area contributed by atoms with Gasteiger partial charge in [-0.15, -0.1) is 0 Å². The molecule has 2 aromatic carbocycles. The maximum absolute atomic E-state index is 14.0. The quantitative estimate of drug-likeness (QED) is 0.718. The Bertz CT molecular complexity index is 1030. The fourth-order valence-electron chi connectivity index (χ4n) is 3.10. The molecule has 27 heavy (non-hydrogen) atoms. The Labute approximate surface area is 156 Å². The van der Waals surface area contributed by atoms with Crippen LogP contribution in [0.3, 0.4) is 0 Å². The van der Waals surface area contributed by atoms with Gasteiger partial charge in [-0.25, -0.2) is 8.78 Å². The van der Waals surface area contributed by atoms with E-state index in [4.69, 9.17) is 0 Å². The van der Waals surface area contributed by atoms with Gasteiger partial charge in [0.25, 0.3) is 5.91 Å². The summed E-state index contributed by atoms with van der Waals surface area (Å²) in [6, 6.07) is 11.1. The van der Waals surface area contributed by atoms with E-state index < -0.39 is 23.6 Å². The first-order valence-corrected chi connectivity index (χ1v) is 8.64. The molecule has 6 heteroatoms. The van der Waals surface area contributed by atoms with Crippen LogP contribution in [0.15, 0.2) is 48.7 Å². The zero-order chi connectivity index (χ0) is 19.6. The summed E-state index contributed by atoms with van der Waals surface area (Å²) < 4.78 is 29.1. The van der Waals surface area contributed by atoms with Crippen LogP contribution in [0.25, 0.3) is 10.9 Å². The van der Waals surface area contributed by atoms with E-state index in [1.54, 1.807) is 6.20 Å². The predicted molar refractivity (Wildman–Crippen MR) is 99.0 cm³/mol. The van der Waals surface area contributed by atoms with Gasteiger partial charge in [0.15, 0.2) is 0 Å². The van der Waals surface area contributed by atoms with Crippen molar-refractivity contribution in [2.24, 2.45) is 5.92 Å². The highest BCUT2D eigenvalue weighted by Gasteiger charge is 2.22. The van der Waals surface area contributed by atoms with E-state index in [-0.39, 0.29) is 5.56 Å². The summed E-state index contributed by atoms with van der Waals surface area (Å²) in [5, 5.41) is 12.7. The molecule has 1 aromatic heterocycles. The molecule has 1 amide bonds. The number of nitriles is 1. The first-order valence-electron chi connectivity index (χ1n) is 8.64. The SMILES string of the molecule is CC(C)Cn1cc(C(=O)NC(C#N)c2ccc(F)cc2F)c2ccccc21. The van der Waals surface area contributed by atoms with Gasteiger partial charge in [-0.1, -0.05) is 38.1 Å². The first kappa shape index (κ1) is 18.6. The van der Waals surface area contributed by atoms with Crippen LogP contribution in [-0.4, -0.2) is 10.5 Å². The molecule has 3 rings (SSSR count). The summed E-state index contributed by atoms with van der Waals surface area (Å²) in [7, 11) is 0. The fraction of sp³-hybridized carbons (Fsp3) is 0.238. The highest BCUT2D eigenvalue weighted by Crippen LogP contribution is 2.24. The van der Waals surface area contributed by atoms with Gasteiger partial charge < -0.3 is 9.88 Å². The van der Waals surface area contributed by atoms with E-state index in [9.17, 15) is 18.8 Å². The van der Waals surface area contributed by atoms with Crippen LogP contribution in [0.5, 0.6) is 0 Å². The molecule has 0 fully saturated rings. The van der Waals surface area contributed by atoms with Crippen molar-refractivity contribution in [2.75, 3.05) is 0 Å². The van der Waals surface area contributed by atoms with Crippen LogP contribution in [-0.2, 0) is 6.54 Å². The maximum Gasteiger partial charge on any atom is 0.254 e. The van der Waals surface area contributed by atoms with E-state index in [1.807, 2.05) is 34.9 Å². The van der Waals surface area contributed by atoms with Crippen molar-refractivity contribution in [1.29, 1.82) is 5.26 Å². The van der Waals surface area contributed by atoms with Crippen LogP contribution in [0.1, 0.15) is 35.8 Å². The first-order chi connectivity index (χ1) is 12.9. The van der Waals surface area contributed by atoms with Crippen molar-refractivity contribution in [3.05, 3.63) is 71.4 Å². The number of nitrogens with one attached hydrogen (secondary N) is 1. The number of carbonyl (C=O) groups is 1. The van der Waals surface area contributed by atoms with Gasteiger partial charge in [0.2, 0.25) is 0 Å². The maximum atomic E-state index is 14.0. The number of benzene rings is 2. The third-order valence-corrected chi connectivity index (χ3v) is 4.27. The van der Waals surface area contributed by atoms with Crippen LogP contribution in [0.2, 0.25) is 0 Å². The molecule has 0 aliphatic heterocycles. The molecule has 0 saturated carbocycles. The average molecular weight is 367 g/mol. The minimum atomic E-state index is -1.22. The van der Waals surface area contributed by atoms with Crippen LogP contribution in [0.4, 0.5) is 8.78 Å². The minimum Gasteiger partial charge on any atom is -0.346 e. The number of carbonyl (C=O) groups excluding carboxylic acids is 1. The van der Waals surface area contributed by atoms with Crippen molar-refractivity contribution in [2.45, 2.75) is 26.4 Å². The van der Waals surface area contributed by atoms with Gasteiger partial charge in [-0.3, -0.25) is 4.79 Å². The standard InChI is InChI=1S/C21H19F2N3O/c1-13(2)11-26-12-17(15-5-3-4-6-20(15)26)21(27)25-19(10-24)16-8-7-14(22)9-18(16)23/h3-9,12-13,19H,11H2,1-2H3,(H,25,27). The normalized spacial score (nSPS) is 12.1. The Balaban J connectivity index is 1.95. The summed E-state index contributed by atoms with van der Waals surface area (Å²) >= 11 is 0. The van der Waals surface area contributed by atoms with Gasteiger partial charge in [-0.05, 0) is 18.1 Å². The van der Waals surface area contributed by atoms with Crippen molar-refractivity contribution in [3.8, 4) is 6.07 Å². The lowest BCUT2D eigenvalue weighted by atomic mass is 10.1. The number of para-hydroxylation sites is 1. The monoisotopic (exact) mass is 367 g/mol. The minimum absolute atomic E-state index is 0.0711. The summed E-state index contributed by atoms with van der Waals surface area (Å²) in [5.41, 5.74) is 1.25. The number of amides is 1. The van der Waals surface area contributed by atoms with E-state index >= 15 is 0 Å². The Morgan fingerprint density at radius 2 is 1.96 bits per heavy atom. The molecule has 1 heterocycles. The molecule has 0 aliphatic carbocycles. The van der Waals surface area contributed by atoms with E-state index in [2.05, 4.69) is 19.2 Å². The molecule has 1 N–H and O–H groups in total. The average Bonchev–Trinajstić information content (AvgIpc) is 2.98. The lowest BCUT2D eigenvalue weighted by molar-refractivity contribution is 0.0946. The molecule has 0 saturated heterocycles. The Hall–Kier alpha value is -3.20. The number of fused-ring (bicyclic) bond motifs is 1. The second-order valence-electron chi connectivity index (χ2n) is 6.81. The van der Waals surface area contributed by atoms with Crippen LogP contribution in [0, 0.1) is 28.9 Å². The largest absolute Gasteiger partial charge is 0.346 e. The topological polar surface area (TPSA) is 57.8 Å². The zero-order valence-corrected chi connectivity index (χ0v) is 15.0. The van der Waals surface area contributed by atoms with Gasteiger partial charge >= 0.3 is 0 Å². The highest BCUT2D eigenvalue weighted by atomic mass is 19.1. The van der Waals surface area contributed by atoms with Crippen molar-refractivity contribution in [3.63, 3.8) is 0 Å². The second-order valence-corrected chi connectivity index (χ2v) is 6.81. The molecule has 1 atom stereocenters. The van der Waals surface area contributed by atoms with Gasteiger partial charge in [0.05, 0.1) is 11.6 Å². The summed E-state index contributed by atoms with van der Waals surface area (Å²) in [6.45, 7) is 4.90. The zero-order valence-electron chi connectivity index (χ0n) is 15.0. The third kappa shape index (κ3) is 3.82. The van der Waals surface area contributed by atoms with Gasteiger partial charge in [-0.2, -0.15) is 5.26 Å². The van der Waals surface area contributed by atoms with Gasteiger partial charge in [0.1, 0.15) is 17.7 Å². The summed E-state index contributed by atoms with van der Waals surface area (Å²) in [4.78, 5) is 12.8. The van der Waals surface area contributed by atoms with Crippen molar-refractivity contribution < 1.29 is 13.6 Å². The molecule has 138 valence electrons. The Morgan fingerprint density at radius 3 is 2.63 bits per heavy atom. The highest BCUT2D eigenvalue weighted by molar-refractivity contribution is 6.07. The Morgan fingerprint density at radius 1 is 1.22 bits per heavy atom.